The molecule has 5 rings (SSSR count). The minimum Gasteiger partial charge on any atom is -0.486 e. The number of hydrogen-bond donors (Lipinski definition) is 0. The Morgan fingerprint density at radius 1 is 0.941 bits per heavy atom. The Bertz CT molecular complexity index is 1400. The Labute approximate surface area is 206 Å². The molecule has 10 heteroatoms. The average Bonchev–Trinajstić information content (AvgIpc) is 3.12. The maximum atomic E-state index is 12.9. The number of thioether (sulfide) groups is 1. The second-order valence-corrected chi connectivity index (χ2v) is 10.5. The Hall–Kier alpha value is -3.34. The number of thiocarbonyl (C=S) groups is 1. The molecule has 0 aromatic heterocycles. The van der Waals surface area contributed by atoms with Gasteiger partial charge in [0, 0.05) is 6.07 Å². The highest BCUT2D eigenvalue weighted by atomic mass is 32.2. The number of ether oxygens (including phenoxy) is 2. The molecule has 3 aromatic carbocycles. The van der Waals surface area contributed by atoms with E-state index in [2.05, 4.69) is 0 Å². The fourth-order valence-electron chi connectivity index (χ4n) is 3.39. The third kappa shape index (κ3) is 4.52. The topological polar surface area (TPSA) is 82.1 Å². The van der Waals surface area contributed by atoms with Crippen LogP contribution in [0.1, 0.15) is 5.56 Å². The summed E-state index contributed by atoms with van der Waals surface area (Å²) in [6.45, 7) is 0.765. The molecule has 0 unspecified atom stereocenters. The van der Waals surface area contributed by atoms with E-state index in [1.54, 1.807) is 24.3 Å². The van der Waals surface area contributed by atoms with Gasteiger partial charge < -0.3 is 13.7 Å². The van der Waals surface area contributed by atoms with Crippen LogP contribution >= 0.6 is 24.0 Å². The van der Waals surface area contributed by atoms with E-state index in [4.69, 9.17) is 25.9 Å². The summed E-state index contributed by atoms with van der Waals surface area (Å²) in [5, 5.41) is 0. The Kier molecular flexibility index (Phi) is 6.03. The van der Waals surface area contributed by atoms with Crippen LogP contribution in [-0.4, -0.2) is 31.9 Å². The van der Waals surface area contributed by atoms with E-state index < -0.39 is 10.1 Å². The minimum atomic E-state index is -4.07. The summed E-state index contributed by atoms with van der Waals surface area (Å²) in [5.74, 6) is 0.790. The van der Waals surface area contributed by atoms with Crippen LogP contribution in [0.3, 0.4) is 0 Å². The number of carbonyl (C=O) groups excluding carboxylic acids is 1. The molecule has 0 atom stereocenters. The van der Waals surface area contributed by atoms with Gasteiger partial charge in [0.15, 0.2) is 15.8 Å². The van der Waals surface area contributed by atoms with E-state index in [1.807, 2.05) is 30.3 Å². The van der Waals surface area contributed by atoms with Gasteiger partial charge in [0.05, 0.1) is 10.6 Å². The maximum absolute atomic E-state index is 12.9. The zero-order valence-corrected chi connectivity index (χ0v) is 20.0. The molecule has 7 nitrogen and oxygen atoms in total. The van der Waals surface area contributed by atoms with Crippen molar-refractivity contribution in [2.45, 2.75) is 4.90 Å². The highest BCUT2D eigenvalue weighted by Crippen LogP contribution is 2.36. The Morgan fingerprint density at radius 2 is 1.65 bits per heavy atom. The number of rotatable bonds is 5. The first-order valence-corrected chi connectivity index (χ1v) is 12.8. The Morgan fingerprint density at radius 3 is 2.38 bits per heavy atom. The van der Waals surface area contributed by atoms with E-state index in [-0.39, 0.29) is 16.6 Å². The maximum Gasteiger partial charge on any atom is 0.339 e. The van der Waals surface area contributed by atoms with Crippen molar-refractivity contribution >= 4 is 56.1 Å². The molecule has 0 bridgehead atoms. The second-order valence-electron chi connectivity index (χ2n) is 7.26. The molecular weight excluding hydrogens is 494 g/mol. The first kappa shape index (κ1) is 22.5. The second kappa shape index (κ2) is 9.13. The van der Waals surface area contributed by atoms with Crippen molar-refractivity contribution in [3.8, 4) is 17.2 Å². The number of fused-ring (bicyclic) bond motifs is 1. The molecule has 2 heterocycles. The smallest absolute Gasteiger partial charge is 0.339 e. The molecule has 2 aliphatic heterocycles. The van der Waals surface area contributed by atoms with Gasteiger partial charge in [0.2, 0.25) is 0 Å². The van der Waals surface area contributed by atoms with Gasteiger partial charge in [-0.2, -0.15) is 8.42 Å². The van der Waals surface area contributed by atoms with Crippen molar-refractivity contribution in [2.75, 3.05) is 18.1 Å². The highest BCUT2D eigenvalue weighted by molar-refractivity contribution is 8.27. The lowest BCUT2D eigenvalue weighted by Gasteiger charge is -2.18. The number of amides is 1. The minimum absolute atomic E-state index is 0.0367. The van der Waals surface area contributed by atoms with Crippen molar-refractivity contribution in [1.29, 1.82) is 0 Å². The predicted octanol–water partition coefficient (Wildman–Crippen LogP) is 4.63. The van der Waals surface area contributed by atoms with E-state index in [0.29, 0.717) is 45.2 Å². The third-order valence-electron chi connectivity index (χ3n) is 4.99. The van der Waals surface area contributed by atoms with Crippen LogP contribution in [-0.2, 0) is 14.9 Å². The number of anilines is 1. The fraction of sp³-hybridized carbons (Fsp3) is 0.0833. The molecule has 2 aliphatic rings. The van der Waals surface area contributed by atoms with Gasteiger partial charge in [0.25, 0.3) is 5.91 Å². The molecule has 172 valence electrons. The molecule has 0 aliphatic carbocycles. The van der Waals surface area contributed by atoms with Gasteiger partial charge in [-0.25, -0.2) is 0 Å². The van der Waals surface area contributed by atoms with Crippen LogP contribution in [0.5, 0.6) is 17.2 Å². The van der Waals surface area contributed by atoms with Crippen LogP contribution in [0, 0.1) is 0 Å². The van der Waals surface area contributed by atoms with Crippen molar-refractivity contribution in [1.82, 2.24) is 0 Å². The van der Waals surface area contributed by atoms with Gasteiger partial charge in [-0.3, -0.25) is 9.69 Å². The van der Waals surface area contributed by atoms with E-state index >= 15 is 0 Å². The van der Waals surface area contributed by atoms with Crippen LogP contribution in [0.2, 0.25) is 0 Å². The zero-order chi connectivity index (χ0) is 23.7. The van der Waals surface area contributed by atoms with Gasteiger partial charge in [-0.1, -0.05) is 54.3 Å². The fourth-order valence-corrected chi connectivity index (χ4v) is 5.64. The highest BCUT2D eigenvalue weighted by Gasteiger charge is 2.33. The van der Waals surface area contributed by atoms with Gasteiger partial charge in [0.1, 0.15) is 23.9 Å². The number of nitrogens with zero attached hydrogens (tertiary/aromatic N) is 1. The summed E-state index contributed by atoms with van der Waals surface area (Å²) in [7, 11) is -4.07. The third-order valence-corrected chi connectivity index (χ3v) is 7.54. The van der Waals surface area contributed by atoms with E-state index in [0.717, 1.165) is 0 Å². The molecule has 0 radical (unpaired) electrons. The number of para-hydroxylation sites is 1. The lowest BCUT2D eigenvalue weighted by atomic mass is 10.2. The first-order chi connectivity index (χ1) is 16.4. The molecule has 1 saturated heterocycles. The number of hydrogen-bond acceptors (Lipinski definition) is 8. The summed E-state index contributed by atoms with van der Waals surface area (Å²) in [5.41, 5.74) is 1.42. The van der Waals surface area contributed by atoms with Crippen LogP contribution in [0.15, 0.2) is 82.6 Å². The van der Waals surface area contributed by atoms with Gasteiger partial charge >= 0.3 is 10.1 Å². The zero-order valence-electron chi connectivity index (χ0n) is 17.5. The van der Waals surface area contributed by atoms with Crippen molar-refractivity contribution in [3.63, 3.8) is 0 Å². The summed E-state index contributed by atoms with van der Waals surface area (Å²) >= 11 is 6.59. The largest absolute Gasteiger partial charge is 0.486 e. The molecule has 1 amide bonds. The van der Waals surface area contributed by atoms with E-state index in [1.165, 1.54) is 40.9 Å². The molecule has 3 aromatic rings. The quantitative estimate of drug-likeness (QED) is 0.279. The summed E-state index contributed by atoms with van der Waals surface area (Å²) in [6.07, 6.45) is 1.71. The molecule has 0 spiro atoms. The summed E-state index contributed by atoms with van der Waals surface area (Å²) < 4.78 is 42.0. The molecule has 1 fully saturated rings. The SMILES string of the molecule is O=C1C(=Cc2ccc(OS(=O)(=O)c3ccc4c(c3)OCCO4)cc2)SC(=S)N1c1ccccc1. The van der Waals surface area contributed by atoms with Gasteiger partial charge in [-0.15, -0.1) is 0 Å². The lowest BCUT2D eigenvalue weighted by Crippen LogP contribution is -2.27. The standard InChI is InChI=1S/C24H17NO6S3/c26-23-22(33-24(32)25(23)17-4-2-1-3-5-17)14-16-6-8-18(9-7-16)31-34(27,28)19-10-11-20-21(15-19)30-13-12-29-20/h1-11,14-15H,12-13H2. The molecule has 0 N–H and O–H groups in total. The molecular formula is C24H17NO6S3. The number of benzene rings is 3. The summed E-state index contributed by atoms with van der Waals surface area (Å²) in [6, 6.07) is 19.9. The van der Waals surface area contributed by atoms with Crippen molar-refractivity contribution < 1.29 is 26.9 Å². The molecule has 0 saturated carbocycles. The van der Waals surface area contributed by atoms with E-state index in [9.17, 15) is 13.2 Å². The van der Waals surface area contributed by atoms with Crippen molar-refractivity contribution in [3.05, 3.63) is 83.3 Å². The monoisotopic (exact) mass is 511 g/mol. The Balaban J connectivity index is 1.32. The average molecular weight is 512 g/mol. The van der Waals surface area contributed by atoms with Crippen LogP contribution < -0.4 is 18.6 Å². The van der Waals surface area contributed by atoms with Crippen molar-refractivity contribution in [2.24, 2.45) is 0 Å². The van der Waals surface area contributed by atoms with Gasteiger partial charge in [-0.05, 0) is 48.0 Å². The number of carbonyl (C=O) groups is 1. The first-order valence-electron chi connectivity index (χ1n) is 10.2. The van der Waals surface area contributed by atoms with Crippen LogP contribution in [0.4, 0.5) is 5.69 Å². The summed E-state index contributed by atoms with van der Waals surface area (Å²) in [4.78, 5) is 14.8. The predicted molar refractivity (Wildman–Crippen MR) is 134 cm³/mol. The van der Waals surface area contributed by atoms with Crippen LogP contribution in [0.25, 0.3) is 6.08 Å². The normalized spacial score (nSPS) is 16.7. The molecule has 34 heavy (non-hydrogen) atoms. The lowest BCUT2D eigenvalue weighted by molar-refractivity contribution is -0.113.